The van der Waals surface area contributed by atoms with Crippen LogP contribution >= 0.6 is 0 Å². The fourth-order valence-electron chi connectivity index (χ4n) is 3.33. The molecule has 0 spiro atoms. The third-order valence-corrected chi connectivity index (χ3v) is 4.63. The van der Waals surface area contributed by atoms with Crippen molar-refractivity contribution >= 4 is 5.69 Å². The van der Waals surface area contributed by atoms with Gasteiger partial charge in [0.25, 0.3) is 0 Å². The maximum atomic E-state index is 13.9. The average molecular weight is 365 g/mol. The minimum atomic E-state index is -4.62. The van der Waals surface area contributed by atoms with Gasteiger partial charge in [-0.05, 0) is 55.2 Å². The van der Waals surface area contributed by atoms with Crippen LogP contribution in [0.1, 0.15) is 35.4 Å². The van der Waals surface area contributed by atoms with E-state index < -0.39 is 28.9 Å². The van der Waals surface area contributed by atoms with Crippen molar-refractivity contribution in [1.29, 1.82) is 5.26 Å². The third kappa shape index (κ3) is 3.50. The van der Waals surface area contributed by atoms with Crippen LogP contribution in [0.3, 0.4) is 0 Å². The first-order valence-corrected chi connectivity index (χ1v) is 8.02. The molecule has 3 rings (SSSR count). The van der Waals surface area contributed by atoms with Gasteiger partial charge in [0.1, 0.15) is 11.6 Å². The Bertz CT molecular complexity index is 826. The van der Waals surface area contributed by atoms with Crippen LogP contribution in [0.2, 0.25) is 0 Å². The molecule has 1 aliphatic rings. The fraction of sp³-hybridized carbons (Fsp3) is 0.316. The summed E-state index contributed by atoms with van der Waals surface area (Å²) in [7, 11) is 0. The third-order valence-electron chi connectivity index (χ3n) is 4.63. The van der Waals surface area contributed by atoms with Crippen molar-refractivity contribution in [3.05, 3.63) is 64.7 Å². The maximum absolute atomic E-state index is 13.9. The topological polar surface area (TPSA) is 27.0 Å². The zero-order chi connectivity index (χ0) is 18.9. The van der Waals surface area contributed by atoms with Crippen molar-refractivity contribution in [2.24, 2.45) is 0 Å². The van der Waals surface area contributed by atoms with E-state index in [0.717, 1.165) is 24.3 Å². The largest absolute Gasteiger partial charge is 0.417 e. The van der Waals surface area contributed by atoms with Crippen LogP contribution in [0, 0.1) is 29.0 Å². The second-order valence-electron chi connectivity index (χ2n) is 6.17. The molecule has 0 saturated carbocycles. The van der Waals surface area contributed by atoms with E-state index in [2.05, 4.69) is 6.07 Å². The molecule has 0 unspecified atom stereocenters. The lowest BCUT2D eigenvalue weighted by molar-refractivity contribution is -0.137. The zero-order valence-electron chi connectivity index (χ0n) is 13.6. The number of alkyl halides is 3. The first-order valence-electron chi connectivity index (χ1n) is 8.02. The van der Waals surface area contributed by atoms with Crippen molar-refractivity contribution in [2.75, 3.05) is 18.0 Å². The van der Waals surface area contributed by atoms with E-state index in [0.29, 0.717) is 31.6 Å². The lowest BCUT2D eigenvalue weighted by Crippen LogP contribution is -2.33. The van der Waals surface area contributed by atoms with E-state index >= 15 is 0 Å². The molecule has 2 aromatic rings. The molecule has 0 amide bonds. The van der Waals surface area contributed by atoms with Crippen molar-refractivity contribution in [3.63, 3.8) is 0 Å². The van der Waals surface area contributed by atoms with Gasteiger partial charge in [-0.1, -0.05) is 0 Å². The second kappa shape index (κ2) is 6.94. The molecule has 0 atom stereocenters. The summed E-state index contributed by atoms with van der Waals surface area (Å²) in [6.45, 7) is 0.733. The molecule has 135 valence electrons. The Hall–Kier alpha value is -2.62. The van der Waals surface area contributed by atoms with E-state index in [-0.39, 0.29) is 11.5 Å². The zero-order valence-corrected chi connectivity index (χ0v) is 13.6. The number of hydrogen-bond acceptors (Lipinski definition) is 2. The predicted octanol–water partition coefficient (Wildman–Crippen LogP) is 5.04. The Labute approximate surface area is 147 Å². The molecule has 7 heteroatoms. The number of nitrogens with zero attached hydrogens (tertiary/aromatic N) is 2. The molecule has 1 fully saturated rings. The monoisotopic (exact) mass is 365 g/mol. The Morgan fingerprint density at radius 2 is 1.69 bits per heavy atom. The first kappa shape index (κ1) is 18.2. The summed E-state index contributed by atoms with van der Waals surface area (Å²) in [6.07, 6.45) is -3.79. The molecular weight excluding hydrogens is 351 g/mol. The van der Waals surface area contributed by atoms with Crippen LogP contribution in [0.5, 0.6) is 0 Å². The number of piperidine rings is 1. The van der Waals surface area contributed by atoms with Crippen LogP contribution in [0.15, 0.2) is 30.3 Å². The summed E-state index contributed by atoms with van der Waals surface area (Å²) in [5.74, 6) is -1.64. The SMILES string of the molecule is N#Cc1ccc(N2CCC(c3c(F)c[c]cc3F)CC2)cc1C(F)(F)F. The van der Waals surface area contributed by atoms with E-state index in [4.69, 9.17) is 5.26 Å². The van der Waals surface area contributed by atoms with Crippen LogP contribution in [0.25, 0.3) is 0 Å². The van der Waals surface area contributed by atoms with Gasteiger partial charge in [-0.25, -0.2) is 8.78 Å². The molecular formula is C19H14F5N2. The standard InChI is InChI=1S/C19H14F5N2/c20-16-2-1-3-17(21)18(16)12-6-8-26(9-7-12)14-5-4-13(11-25)15(10-14)19(22,23)24/h2-5,10,12H,6-9H2. The summed E-state index contributed by atoms with van der Waals surface area (Å²) >= 11 is 0. The first-order chi connectivity index (χ1) is 12.3. The molecule has 2 nitrogen and oxygen atoms in total. The molecule has 0 N–H and O–H groups in total. The number of benzene rings is 2. The molecule has 0 aliphatic carbocycles. The summed E-state index contributed by atoms with van der Waals surface area (Å²) in [4.78, 5) is 1.73. The highest BCUT2D eigenvalue weighted by Crippen LogP contribution is 2.37. The highest BCUT2D eigenvalue weighted by atomic mass is 19.4. The van der Waals surface area contributed by atoms with Gasteiger partial charge in [-0.3, -0.25) is 0 Å². The molecule has 26 heavy (non-hydrogen) atoms. The normalized spacial score (nSPS) is 15.8. The van der Waals surface area contributed by atoms with Gasteiger partial charge in [0.2, 0.25) is 0 Å². The van der Waals surface area contributed by atoms with Gasteiger partial charge in [0.15, 0.2) is 0 Å². The van der Waals surface area contributed by atoms with E-state index in [9.17, 15) is 22.0 Å². The minimum absolute atomic E-state index is 0.0132. The summed E-state index contributed by atoms with van der Waals surface area (Å²) in [6, 6.07) is 9.67. The molecule has 1 heterocycles. The number of halogens is 5. The van der Waals surface area contributed by atoms with Gasteiger partial charge < -0.3 is 4.90 Å². The van der Waals surface area contributed by atoms with Gasteiger partial charge in [-0.2, -0.15) is 18.4 Å². The summed E-state index contributed by atoms with van der Waals surface area (Å²) in [5, 5.41) is 8.86. The Kier molecular flexibility index (Phi) is 4.86. The lowest BCUT2D eigenvalue weighted by Gasteiger charge is -2.34. The molecule has 0 aromatic heterocycles. The van der Waals surface area contributed by atoms with Crippen LogP contribution < -0.4 is 4.90 Å². The maximum Gasteiger partial charge on any atom is 0.417 e. The van der Waals surface area contributed by atoms with Crippen molar-refractivity contribution in [2.45, 2.75) is 24.9 Å². The molecule has 1 saturated heterocycles. The van der Waals surface area contributed by atoms with Crippen LogP contribution in [-0.2, 0) is 6.18 Å². The minimum Gasteiger partial charge on any atom is -0.371 e. The highest BCUT2D eigenvalue weighted by Gasteiger charge is 2.34. The number of hydrogen-bond donors (Lipinski definition) is 0. The fourth-order valence-corrected chi connectivity index (χ4v) is 3.33. The van der Waals surface area contributed by atoms with Crippen LogP contribution in [0.4, 0.5) is 27.6 Å². The Balaban J connectivity index is 1.80. The summed E-state index contributed by atoms with van der Waals surface area (Å²) in [5.41, 5.74) is -1.05. The Morgan fingerprint density at radius 3 is 2.23 bits per heavy atom. The van der Waals surface area contributed by atoms with Crippen molar-refractivity contribution < 1.29 is 22.0 Å². The van der Waals surface area contributed by atoms with Crippen LogP contribution in [-0.4, -0.2) is 13.1 Å². The van der Waals surface area contributed by atoms with E-state index in [1.165, 1.54) is 6.07 Å². The van der Waals surface area contributed by atoms with Gasteiger partial charge >= 0.3 is 6.18 Å². The highest BCUT2D eigenvalue weighted by molar-refractivity contribution is 5.55. The number of nitriles is 1. The second-order valence-corrected chi connectivity index (χ2v) is 6.17. The van der Waals surface area contributed by atoms with Gasteiger partial charge in [0, 0.05) is 24.3 Å². The molecule has 1 radical (unpaired) electrons. The number of rotatable bonds is 2. The lowest BCUT2D eigenvalue weighted by atomic mass is 9.88. The average Bonchev–Trinajstić information content (AvgIpc) is 2.61. The Morgan fingerprint density at radius 1 is 1.08 bits per heavy atom. The van der Waals surface area contributed by atoms with Gasteiger partial charge in [-0.15, -0.1) is 0 Å². The molecule has 0 bridgehead atoms. The van der Waals surface area contributed by atoms with Gasteiger partial charge in [0.05, 0.1) is 17.2 Å². The summed E-state index contributed by atoms with van der Waals surface area (Å²) < 4.78 is 67.1. The van der Waals surface area contributed by atoms with Crippen molar-refractivity contribution in [1.82, 2.24) is 0 Å². The number of anilines is 1. The smallest absolute Gasteiger partial charge is 0.371 e. The molecule has 2 aromatic carbocycles. The van der Waals surface area contributed by atoms with E-state index in [1.807, 2.05) is 0 Å². The quantitative estimate of drug-likeness (QED) is 0.697. The van der Waals surface area contributed by atoms with Crippen molar-refractivity contribution in [3.8, 4) is 6.07 Å². The van der Waals surface area contributed by atoms with E-state index in [1.54, 1.807) is 11.0 Å². The molecule has 1 aliphatic heterocycles. The predicted molar refractivity (Wildman–Crippen MR) is 85.5 cm³/mol.